The lowest BCUT2D eigenvalue weighted by Crippen LogP contribution is -2.58. The van der Waals surface area contributed by atoms with E-state index in [9.17, 15) is 10.2 Å². The first-order valence-corrected chi connectivity index (χ1v) is 9.71. The van der Waals surface area contributed by atoms with Crippen molar-refractivity contribution in [2.45, 2.75) is 76.9 Å². The molecule has 0 aliphatic heterocycles. The maximum Gasteiger partial charge on any atom is 0.130 e. The maximum atomic E-state index is 11.1. The summed E-state index contributed by atoms with van der Waals surface area (Å²) in [4.78, 5) is 0. The number of terminal acetylenes is 1. The van der Waals surface area contributed by atoms with Crippen molar-refractivity contribution in [3.05, 3.63) is 0 Å². The lowest BCUT2D eigenvalue weighted by molar-refractivity contribution is -0.163. The molecule has 2 N–H and O–H groups in total. The molecule has 0 amide bonds. The molecule has 2 heteroatoms. The molecule has 5 aliphatic carbocycles. The Labute approximate surface area is 140 Å². The molecule has 0 aromatic rings. The van der Waals surface area contributed by atoms with Gasteiger partial charge in [-0.1, -0.05) is 19.8 Å². The Morgan fingerprint density at radius 2 is 1.65 bits per heavy atom. The molecule has 5 saturated carbocycles. The van der Waals surface area contributed by atoms with Gasteiger partial charge in [0.05, 0.1) is 6.10 Å². The molecular formula is C21H30O2. The molecule has 0 aromatic heterocycles. The van der Waals surface area contributed by atoms with Gasteiger partial charge in [0, 0.05) is 10.8 Å². The van der Waals surface area contributed by atoms with Gasteiger partial charge in [0.15, 0.2) is 0 Å². The van der Waals surface area contributed by atoms with Gasteiger partial charge in [-0.2, -0.15) is 0 Å². The highest BCUT2D eigenvalue weighted by Gasteiger charge is 2.77. The average molecular weight is 314 g/mol. The van der Waals surface area contributed by atoms with Crippen molar-refractivity contribution in [1.29, 1.82) is 0 Å². The van der Waals surface area contributed by atoms with Crippen LogP contribution in [0.4, 0.5) is 0 Å². The number of hydrogen-bond acceptors (Lipinski definition) is 2. The van der Waals surface area contributed by atoms with Crippen LogP contribution in [0.2, 0.25) is 0 Å². The first-order valence-electron chi connectivity index (χ1n) is 9.71. The van der Waals surface area contributed by atoms with E-state index in [0.29, 0.717) is 17.3 Å². The lowest BCUT2D eigenvalue weighted by Gasteiger charge is -2.60. The lowest BCUT2D eigenvalue weighted by atomic mass is 9.45. The Morgan fingerprint density at radius 3 is 2.35 bits per heavy atom. The van der Waals surface area contributed by atoms with E-state index < -0.39 is 5.60 Å². The fourth-order valence-corrected chi connectivity index (χ4v) is 8.56. The Hall–Kier alpha value is -0.520. The van der Waals surface area contributed by atoms with Crippen LogP contribution in [0.3, 0.4) is 0 Å². The van der Waals surface area contributed by atoms with Gasteiger partial charge in [0.2, 0.25) is 0 Å². The van der Waals surface area contributed by atoms with Crippen molar-refractivity contribution >= 4 is 0 Å². The summed E-state index contributed by atoms with van der Waals surface area (Å²) in [5.41, 5.74) is -0.492. The number of aliphatic hydroxyl groups excluding tert-OH is 1. The third-order valence-electron chi connectivity index (χ3n) is 9.96. The molecule has 2 unspecified atom stereocenters. The van der Waals surface area contributed by atoms with Crippen LogP contribution in [-0.2, 0) is 0 Å². The van der Waals surface area contributed by atoms with E-state index in [0.717, 1.165) is 37.5 Å². The summed E-state index contributed by atoms with van der Waals surface area (Å²) in [5, 5.41) is 22.1. The maximum absolute atomic E-state index is 11.1. The van der Waals surface area contributed by atoms with Crippen molar-refractivity contribution < 1.29 is 10.2 Å². The zero-order chi connectivity index (χ0) is 16.3. The van der Waals surface area contributed by atoms with E-state index in [4.69, 9.17) is 6.42 Å². The Kier molecular flexibility index (Phi) is 2.57. The number of rotatable bonds is 0. The fraction of sp³-hybridized carbons (Fsp3) is 0.905. The molecule has 9 atom stereocenters. The van der Waals surface area contributed by atoms with Gasteiger partial charge in [-0.05, 0) is 80.5 Å². The van der Waals surface area contributed by atoms with Gasteiger partial charge in [0.25, 0.3) is 0 Å². The molecule has 2 nitrogen and oxygen atoms in total. The molecule has 5 rings (SSSR count). The summed E-state index contributed by atoms with van der Waals surface area (Å²) in [6.07, 6.45) is 14.5. The summed E-state index contributed by atoms with van der Waals surface area (Å²) in [7, 11) is 0. The van der Waals surface area contributed by atoms with Crippen LogP contribution in [0.1, 0.15) is 65.2 Å². The minimum atomic E-state index is -0.929. The van der Waals surface area contributed by atoms with E-state index >= 15 is 0 Å². The summed E-state index contributed by atoms with van der Waals surface area (Å²) in [6, 6.07) is 0. The third-order valence-corrected chi connectivity index (χ3v) is 9.96. The van der Waals surface area contributed by atoms with Gasteiger partial charge in [-0.15, -0.1) is 6.42 Å². The zero-order valence-electron chi connectivity index (χ0n) is 14.5. The van der Waals surface area contributed by atoms with Crippen molar-refractivity contribution in [3.8, 4) is 12.3 Å². The topological polar surface area (TPSA) is 40.5 Å². The zero-order valence-corrected chi connectivity index (χ0v) is 14.5. The molecular weight excluding hydrogens is 284 g/mol. The minimum absolute atomic E-state index is 0.122. The highest BCUT2D eigenvalue weighted by Crippen LogP contribution is 2.81. The van der Waals surface area contributed by atoms with E-state index in [1.165, 1.54) is 25.7 Å². The molecule has 0 radical (unpaired) electrons. The second-order valence-corrected chi connectivity index (χ2v) is 10.0. The highest BCUT2D eigenvalue weighted by atomic mass is 16.3. The van der Waals surface area contributed by atoms with Gasteiger partial charge in [0.1, 0.15) is 5.60 Å². The first kappa shape index (κ1) is 14.8. The number of fused-ring (bicyclic) bond motifs is 4. The van der Waals surface area contributed by atoms with Crippen molar-refractivity contribution in [2.75, 3.05) is 0 Å². The quantitative estimate of drug-likeness (QED) is 0.673. The molecule has 0 saturated heterocycles. The van der Waals surface area contributed by atoms with Gasteiger partial charge < -0.3 is 10.2 Å². The van der Waals surface area contributed by atoms with E-state index in [1.807, 2.05) is 0 Å². The molecule has 23 heavy (non-hydrogen) atoms. The van der Waals surface area contributed by atoms with Gasteiger partial charge in [-0.3, -0.25) is 0 Å². The Bertz CT molecular complexity index is 607. The third kappa shape index (κ3) is 1.36. The van der Waals surface area contributed by atoms with Gasteiger partial charge in [-0.25, -0.2) is 0 Å². The molecule has 5 aliphatic rings. The van der Waals surface area contributed by atoms with Crippen molar-refractivity contribution in [3.63, 3.8) is 0 Å². The summed E-state index contributed by atoms with van der Waals surface area (Å²) in [5.74, 6) is 5.33. The highest BCUT2D eigenvalue weighted by molar-refractivity contribution is 5.28. The monoisotopic (exact) mass is 314 g/mol. The van der Waals surface area contributed by atoms with E-state index in [1.54, 1.807) is 0 Å². The summed E-state index contributed by atoms with van der Waals surface area (Å²) < 4.78 is 0. The van der Waals surface area contributed by atoms with Crippen LogP contribution >= 0.6 is 0 Å². The van der Waals surface area contributed by atoms with Crippen molar-refractivity contribution in [1.82, 2.24) is 0 Å². The van der Waals surface area contributed by atoms with E-state index in [2.05, 4.69) is 19.8 Å². The summed E-state index contributed by atoms with van der Waals surface area (Å²) >= 11 is 0. The minimum Gasteiger partial charge on any atom is -0.393 e. The standard InChI is InChI=1S/C21H30O2/c1-4-20(23)10-7-15-14-11-17(22)21-12-13(21)5-8-19(21,3)16(14)6-9-18(15,20)2/h1,13-17,22-23H,5-12H2,2-3H3/t13?,14-,15-,16-,17+,18-,19+,20-,21?/m0/s1. The summed E-state index contributed by atoms with van der Waals surface area (Å²) in [6.45, 7) is 4.72. The number of hydrogen-bond donors (Lipinski definition) is 2. The van der Waals surface area contributed by atoms with Crippen LogP contribution < -0.4 is 0 Å². The smallest absolute Gasteiger partial charge is 0.130 e. The van der Waals surface area contributed by atoms with Crippen LogP contribution in [0, 0.1) is 52.3 Å². The molecule has 1 spiro atoms. The van der Waals surface area contributed by atoms with Crippen LogP contribution in [0.25, 0.3) is 0 Å². The molecule has 126 valence electrons. The Balaban J connectivity index is 1.55. The Morgan fingerprint density at radius 1 is 1.00 bits per heavy atom. The van der Waals surface area contributed by atoms with Crippen molar-refractivity contribution in [2.24, 2.45) is 39.9 Å². The fourth-order valence-electron chi connectivity index (χ4n) is 8.56. The van der Waals surface area contributed by atoms with Crippen LogP contribution in [0.5, 0.6) is 0 Å². The average Bonchev–Trinajstić information content (AvgIpc) is 3.11. The second kappa shape index (κ2) is 4.00. The second-order valence-electron chi connectivity index (χ2n) is 10.0. The first-order chi connectivity index (χ1) is 10.8. The largest absolute Gasteiger partial charge is 0.393 e. The molecule has 0 heterocycles. The number of aliphatic hydroxyl groups is 2. The van der Waals surface area contributed by atoms with Crippen LogP contribution in [-0.4, -0.2) is 21.9 Å². The molecule has 0 bridgehead atoms. The van der Waals surface area contributed by atoms with Crippen LogP contribution in [0.15, 0.2) is 0 Å². The predicted octanol–water partition coefficient (Wildman–Crippen LogP) is 3.36. The van der Waals surface area contributed by atoms with Gasteiger partial charge >= 0.3 is 0 Å². The molecule has 5 fully saturated rings. The predicted molar refractivity (Wildman–Crippen MR) is 89.3 cm³/mol. The normalized spacial score (nSPS) is 66.0. The molecule has 0 aromatic carbocycles. The SMILES string of the molecule is C#C[C@]1(O)CC[C@H]2[C@@H]3C[C@@H](O)C45CC4CC[C@]5(C)[C@H]3CC[C@@]21C. The van der Waals surface area contributed by atoms with E-state index in [-0.39, 0.29) is 16.9 Å².